The van der Waals surface area contributed by atoms with Gasteiger partial charge in [-0.1, -0.05) is 51.8 Å². The fourth-order valence-electron chi connectivity index (χ4n) is 2.36. The smallest absolute Gasteiger partial charge is 0.0741 e. The van der Waals surface area contributed by atoms with Crippen LogP contribution in [0.2, 0.25) is 5.02 Å². The number of alkyl halides is 1. The lowest BCUT2D eigenvalue weighted by molar-refractivity contribution is 1.17. The first-order valence-electron chi connectivity index (χ1n) is 6.45. The summed E-state index contributed by atoms with van der Waals surface area (Å²) >= 11 is 11.9. The third kappa shape index (κ3) is 2.52. The fourth-order valence-corrected chi connectivity index (χ4v) is 4.54. The molecule has 0 fully saturated rings. The van der Waals surface area contributed by atoms with Gasteiger partial charge in [-0.15, -0.1) is 11.3 Å². The highest BCUT2D eigenvalue weighted by Crippen LogP contribution is 2.40. The van der Waals surface area contributed by atoms with E-state index in [0.29, 0.717) is 0 Å². The number of thiophene rings is 1. The van der Waals surface area contributed by atoms with Crippen molar-refractivity contribution in [1.29, 1.82) is 0 Å². The standard InChI is InChI=1S/C17H14BrClS/c1-10-8-14(19)11(2)7-13(10)17(18)16-9-12-5-3-4-6-15(12)20-16/h3-9,17H,1-2H3. The molecule has 3 heteroatoms. The van der Waals surface area contributed by atoms with E-state index in [1.165, 1.54) is 26.1 Å². The Bertz CT molecular complexity index is 743. The van der Waals surface area contributed by atoms with Crippen molar-refractivity contribution in [2.75, 3.05) is 0 Å². The summed E-state index contributed by atoms with van der Waals surface area (Å²) in [4.78, 5) is 1.55. The van der Waals surface area contributed by atoms with Gasteiger partial charge in [0.25, 0.3) is 0 Å². The second-order valence-corrected chi connectivity index (χ2v) is 7.45. The molecule has 20 heavy (non-hydrogen) atoms. The van der Waals surface area contributed by atoms with Gasteiger partial charge in [-0.2, -0.15) is 0 Å². The van der Waals surface area contributed by atoms with Crippen LogP contribution >= 0.6 is 38.9 Å². The Kier molecular flexibility index (Phi) is 3.89. The zero-order valence-electron chi connectivity index (χ0n) is 11.3. The molecule has 2 aromatic carbocycles. The minimum Gasteiger partial charge on any atom is -0.139 e. The summed E-state index contributed by atoms with van der Waals surface area (Å²) < 4.78 is 1.33. The van der Waals surface area contributed by atoms with Crippen molar-refractivity contribution < 1.29 is 0 Å². The predicted molar refractivity (Wildman–Crippen MR) is 93.5 cm³/mol. The van der Waals surface area contributed by atoms with Crippen molar-refractivity contribution in [1.82, 2.24) is 0 Å². The Balaban J connectivity index is 2.07. The monoisotopic (exact) mass is 364 g/mol. The van der Waals surface area contributed by atoms with Crippen LogP contribution < -0.4 is 0 Å². The Morgan fingerprint density at radius 3 is 2.55 bits per heavy atom. The highest BCUT2D eigenvalue weighted by Gasteiger charge is 2.16. The topological polar surface area (TPSA) is 0 Å². The highest BCUT2D eigenvalue weighted by molar-refractivity contribution is 9.09. The molecule has 102 valence electrons. The molecular weight excluding hydrogens is 352 g/mol. The van der Waals surface area contributed by atoms with Crippen LogP contribution in [0.1, 0.15) is 26.4 Å². The highest BCUT2D eigenvalue weighted by atomic mass is 79.9. The molecule has 0 N–H and O–H groups in total. The summed E-state index contributed by atoms with van der Waals surface area (Å²) in [6.07, 6.45) is 0. The lowest BCUT2D eigenvalue weighted by Gasteiger charge is -2.13. The van der Waals surface area contributed by atoms with Gasteiger partial charge >= 0.3 is 0 Å². The largest absolute Gasteiger partial charge is 0.139 e. The molecule has 0 bridgehead atoms. The number of rotatable bonds is 2. The molecule has 0 saturated heterocycles. The van der Waals surface area contributed by atoms with Gasteiger partial charge < -0.3 is 0 Å². The van der Waals surface area contributed by atoms with Gasteiger partial charge in [0.1, 0.15) is 0 Å². The molecule has 3 aromatic rings. The van der Waals surface area contributed by atoms with Crippen molar-refractivity contribution in [3.8, 4) is 0 Å². The van der Waals surface area contributed by atoms with Crippen LogP contribution in [0.25, 0.3) is 10.1 Å². The summed E-state index contributed by atoms with van der Waals surface area (Å²) in [5, 5.41) is 2.14. The summed E-state index contributed by atoms with van der Waals surface area (Å²) in [6.45, 7) is 4.16. The van der Waals surface area contributed by atoms with Crippen molar-refractivity contribution >= 4 is 49.0 Å². The third-order valence-electron chi connectivity index (χ3n) is 3.51. The van der Waals surface area contributed by atoms with Crippen molar-refractivity contribution in [2.24, 2.45) is 0 Å². The van der Waals surface area contributed by atoms with E-state index in [9.17, 15) is 0 Å². The first kappa shape index (κ1) is 14.1. The molecule has 1 unspecified atom stereocenters. The Labute approximate surface area is 136 Å². The average molecular weight is 366 g/mol. The first-order chi connectivity index (χ1) is 9.56. The first-order valence-corrected chi connectivity index (χ1v) is 8.56. The molecule has 3 rings (SSSR count). The van der Waals surface area contributed by atoms with E-state index < -0.39 is 0 Å². The van der Waals surface area contributed by atoms with Crippen LogP contribution in [-0.4, -0.2) is 0 Å². The molecule has 1 heterocycles. The van der Waals surface area contributed by atoms with E-state index in [2.05, 4.69) is 66.2 Å². The summed E-state index contributed by atoms with van der Waals surface area (Å²) in [5.41, 5.74) is 3.64. The van der Waals surface area contributed by atoms with Crippen molar-refractivity contribution in [2.45, 2.75) is 18.7 Å². The van der Waals surface area contributed by atoms with Gasteiger partial charge in [0.05, 0.1) is 4.83 Å². The maximum absolute atomic E-state index is 6.19. The van der Waals surface area contributed by atoms with E-state index in [4.69, 9.17) is 11.6 Å². The van der Waals surface area contributed by atoms with E-state index >= 15 is 0 Å². The molecule has 0 aliphatic carbocycles. The SMILES string of the molecule is Cc1cc(C(Br)c2cc3ccccc3s2)c(C)cc1Cl. The van der Waals surface area contributed by atoms with Crippen molar-refractivity contribution in [3.63, 3.8) is 0 Å². The van der Waals surface area contributed by atoms with Crippen LogP contribution in [-0.2, 0) is 0 Å². The van der Waals surface area contributed by atoms with Crippen LogP contribution in [0, 0.1) is 13.8 Å². The number of benzene rings is 2. The minimum absolute atomic E-state index is 0.218. The number of aryl methyl sites for hydroxylation is 2. The maximum Gasteiger partial charge on any atom is 0.0741 e. The normalized spacial score (nSPS) is 12.8. The van der Waals surface area contributed by atoms with Gasteiger partial charge in [-0.05, 0) is 54.1 Å². The van der Waals surface area contributed by atoms with Gasteiger partial charge in [0.2, 0.25) is 0 Å². The van der Waals surface area contributed by atoms with Gasteiger partial charge in [-0.25, -0.2) is 0 Å². The molecule has 0 aliphatic heterocycles. The van der Waals surface area contributed by atoms with E-state index in [0.717, 1.165) is 10.6 Å². The van der Waals surface area contributed by atoms with Crippen LogP contribution in [0.5, 0.6) is 0 Å². The Morgan fingerprint density at radius 1 is 1.05 bits per heavy atom. The zero-order valence-corrected chi connectivity index (χ0v) is 14.4. The second kappa shape index (κ2) is 5.51. The molecule has 0 saturated carbocycles. The molecule has 0 spiro atoms. The third-order valence-corrected chi connectivity index (χ3v) is 6.39. The van der Waals surface area contributed by atoms with Crippen molar-refractivity contribution in [3.05, 3.63) is 69.1 Å². The van der Waals surface area contributed by atoms with Gasteiger partial charge in [0.15, 0.2) is 0 Å². The van der Waals surface area contributed by atoms with E-state index in [1.807, 2.05) is 17.4 Å². The average Bonchev–Trinajstić information content (AvgIpc) is 2.86. The molecule has 1 aromatic heterocycles. The number of hydrogen-bond acceptors (Lipinski definition) is 1. The Hall–Kier alpha value is -0.830. The quantitative estimate of drug-likeness (QED) is 0.446. The van der Waals surface area contributed by atoms with Gasteiger partial charge in [-0.3, -0.25) is 0 Å². The molecular formula is C17H14BrClS. The summed E-state index contributed by atoms with van der Waals surface area (Å²) in [5.74, 6) is 0. The van der Waals surface area contributed by atoms with E-state index in [-0.39, 0.29) is 4.83 Å². The lowest BCUT2D eigenvalue weighted by atomic mass is 10.0. The number of halogens is 2. The number of hydrogen-bond donors (Lipinski definition) is 0. The zero-order chi connectivity index (χ0) is 14.3. The maximum atomic E-state index is 6.19. The van der Waals surface area contributed by atoms with Gasteiger partial charge in [0, 0.05) is 14.6 Å². The molecule has 0 radical (unpaired) electrons. The second-order valence-electron chi connectivity index (χ2n) is 5.01. The predicted octanol–water partition coefficient (Wildman–Crippen LogP) is 6.66. The minimum atomic E-state index is 0.218. The van der Waals surface area contributed by atoms with E-state index in [1.54, 1.807) is 0 Å². The summed E-state index contributed by atoms with van der Waals surface area (Å²) in [6, 6.07) is 15.0. The number of fused-ring (bicyclic) bond motifs is 1. The summed E-state index contributed by atoms with van der Waals surface area (Å²) in [7, 11) is 0. The van der Waals surface area contributed by atoms with Crippen LogP contribution in [0.4, 0.5) is 0 Å². The molecule has 0 nitrogen and oxygen atoms in total. The van der Waals surface area contributed by atoms with Crippen LogP contribution in [0.15, 0.2) is 42.5 Å². The lowest BCUT2D eigenvalue weighted by Crippen LogP contribution is -1.95. The molecule has 0 amide bonds. The Morgan fingerprint density at radius 2 is 1.80 bits per heavy atom. The molecule has 0 aliphatic rings. The van der Waals surface area contributed by atoms with Crippen LogP contribution in [0.3, 0.4) is 0 Å². The fraction of sp³-hybridized carbons (Fsp3) is 0.176. The molecule has 1 atom stereocenters.